The monoisotopic (exact) mass is 324 g/mol. The molecule has 23 heavy (non-hydrogen) atoms. The topological polar surface area (TPSA) is 92.4 Å². The molecule has 0 saturated heterocycles. The van der Waals surface area contributed by atoms with Crippen LogP contribution >= 0.6 is 0 Å². The Morgan fingerprint density at radius 2 is 1.87 bits per heavy atom. The van der Waals surface area contributed by atoms with Gasteiger partial charge in [0.1, 0.15) is 11.9 Å². The second-order valence-corrected chi connectivity index (χ2v) is 5.73. The lowest BCUT2D eigenvalue weighted by molar-refractivity contribution is -0.138. The number of carboxylic acid groups (broad SMARTS) is 1. The van der Waals surface area contributed by atoms with Crippen molar-refractivity contribution >= 4 is 17.6 Å². The van der Waals surface area contributed by atoms with Gasteiger partial charge in [-0.05, 0) is 37.0 Å². The Balaban J connectivity index is 2.86. The number of carbonyl (C=O) groups is 2. The number of benzene rings is 1. The number of carbonyl (C=O) groups excluding carboxylic acids is 1. The van der Waals surface area contributed by atoms with Crippen LogP contribution in [0.4, 0.5) is 10.1 Å². The average Bonchev–Trinajstić information content (AvgIpc) is 2.50. The molecule has 6 heteroatoms. The van der Waals surface area contributed by atoms with E-state index in [9.17, 15) is 14.0 Å². The van der Waals surface area contributed by atoms with Gasteiger partial charge in [-0.25, -0.2) is 4.39 Å². The Morgan fingerprint density at radius 3 is 2.39 bits per heavy atom. The van der Waals surface area contributed by atoms with E-state index < -0.39 is 17.8 Å². The summed E-state index contributed by atoms with van der Waals surface area (Å²) >= 11 is 0. The minimum Gasteiger partial charge on any atom is -0.480 e. The van der Waals surface area contributed by atoms with Crippen molar-refractivity contribution in [3.8, 4) is 0 Å². The van der Waals surface area contributed by atoms with Gasteiger partial charge in [0.05, 0.1) is 5.69 Å². The summed E-state index contributed by atoms with van der Waals surface area (Å²) in [5.41, 5.74) is 6.12. The van der Waals surface area contributed by atoms with Crippen LogP contribution in [0.1, 0.15) is 45.1 Å². The van der Waals surface area contributed by atoms with E-state index in [-0.39, 0.29) is 23.9 Å². The minimum absolute atomic E-state index is 0.0716. The number of amides is 1. The molecule has 1 atom stereocenters. The first-order chi connectivity index (χ1) is 10.9. The number of hydrogen-bond donors (Lipinski definition) is 3. The second-order valence-electron chi connectivity index (χ2n) is 5.73. The fourth-order valence-electron chi connectivity index (χ4n) is 2.47. The van der Waals surface area contributed by atoms with Crippen LogP contribution in [-0.4, -0.2) is 23.0 Å². The zero-order valence-electron chi connectivity index (χ0n) is 13.6. The van der Waals surface area contributed by atoms with E-state index >= 15 is 0 Å². The molecular formula is C17H25FN2O3. The molecule has 1 aromatic carbocycles. The van der Waals surface area contributed by atoms with Crippen LogP contribution in [0.2, 0.25) is 0 Å². The Kier molecular flexibility index (Phi) is 7.68. The average molecular weight is 324 g/mol. The number of carboxylic acids is 1. The fourth-order valence-corrected chi connectivity index (χ4v) is 2.47. The predicted octanol–water partition coefficient (Wildman–Crippen LogP) is 2.93. The van der Waals surface area contributed by atoms with Gasteiger partial charge in [0.25, 0.3) is 0 Å². The number of nitrogens with one attached hydrogen (secondary N) is 1. The molecule has 5 nitrogen and oxygen atoms in total. The third-order valence-corrected chi connectivity index (χ3v) is 3.71. The molecule has 128 valence electrons. The highest BCUT2D eigenvalue weighted by molar-refractivity contribution is 5.92. The summed E-state index contributed by atoms with van der Waals surface area (Å²) < 4.78 is 13.9. The normalized spacial score (nSPS) is 12.2. The summed E-state index contributed by atoms with van der Waals surface area (Å²) in [6, 6.07) is 3.08. The lowest BCUT2D eigenvalue weighted by atomic mass is 9.97. The largest absolute Gasteiger partial charge is 0.480 e. The molecule has 0 aromatic heterocycles. The standard InChI is InChI=1S/C17H25FN2O3/c1-3-5-12(6-4-2)16(21)20-15-10-11(7-8-13(15)18)9-14(19)17(22)23/h7-8,10,12,14H,3-6,9,19H2,1-2H3,(H,20,21)(H,22,23)/t14-/m0/s1. The van der Waals surface area contributed by atoms with E-state index in [1.54, 1.807) is 0 Å². The van der Waals surface area contributed by atoms with E-state index in [0.29, 0.717) is 5.56 Å². The maximum atomic E-state index is 13.9. The van der Waals surface area contributed by atoms with Crippen LogP contribution in [0.25, 0.3) is 0 Å². The molecule has 0 aliphatic rings. The van der Waals surface area contributed by atoms with Gasteiger partial charge < -0.3 is 16.2 Å². The Morgan fingerprint density at radius 1 is 1.26 bits per heavy atom. The van der Waals surface area contributed by atoms with Gasteiger partial charge in [0.2, 0.25) is 5.91 Å². The second kappa shape index (κ2) is 9.25. The molecular weight excluding hydrogens is 299 g/mol. The lowest BCUT2D eigenvalue weighted by Gasteiger charge is -2.16. The van der Waals surface area contributed by atoms with Gasteiger partial charge in [0, 0.05) is 5.92 Å². The van der Waals surface area contributed by atoms with Crippen molar-refractivity contribution in [1.29, 1.82) is 0 Å². The molecule has 1 rings (SSSR count). The maximum Gasteiger partial charge on any atom is 0.320 e. The SMILES string of the molecule is CCCC(CCC)C(=O)Nc1cc(C[C@H](N)C(=O)O)ccc1F. The van der Waals surface area contributed by atoms with E-state index in [2.05, 4.69) is 5.32 Å². The van der Waals surface area contributed by atoms with Gasteiger partial charge in [-0.1, -0.05) is 32.8 Å². The van der Waals surface area contributed by atoms with Crippen LogP contribution < -0.4 is 11.1 Å². The third kappa shape index (κ3) is 5.98. The molecule has 0 saturated carbocycles. The van der Waals surface area contributed by atoms with Crippen molar-refractivity contribution in [1.82, 2.24) is 0 Å². The smallest absolute Gasteiger partial charge is 0.320 e. The van der Waals surface area contributed by atoms with Crippen molar-refractivity contribution in [2.45, 2.75) is 52.0 Å². The molecule has 0 unspecified atom stereocenters. The summed E-state index contributed by atoms with van der Waals surface area (Å²) in [6.07, 6.45) is 3.35. The quantitative estimate of drug-likeness (QED) is 0.651. The Labute approximate surface area is 136 Å². The fraction of sp³-hybridized carbons (Fsp3) is 0.529. The highest BCUT2D eigenvalue weighted by atomic mass is 19.1. The van der Waals surface area contributed by atoms with Crippen molar-refractivity contribution in [2.24, 2.45) is 11.7 Å². The molecule has 4 N–H and O–H groups in total. The summed E-state index contributed by atoms with van der Waals surface area (Å²) in [5.74, 6) is -2.01. The van der Waals surface area contributed by atoms with Crippen molar-refractivity contribution in [3.05, 3.63) is 29.6 Å². The van der Waals surface area contributed by atoms with E-state index in [4.69, 9.17) is 10.8 Å². The number of nitrogens with two attached hydrogens (primary N) is 1. The minimum atomic E-state index is -1.12. The van der Waals surface area contributed by atoms with Crippen LogP contribution in [0, 0.1) is 11.7 Å². The Bertz CT molecular complexity index is 543. The van der Waals surface area contributed by atoms with Gasteiger partial charge >= 0.3 is 5.97 Å². The molecule has 1 amide bonds. The molecule has 0 spiro atoms. The van der Waals surface area contributed by atoms with E-state index in [1.807, 2.05) is 13.8 Å². The number of anilines is 1. The number of aliphatic carboxylic acids is 1. The lowest BCUT2D eigenvalue weighted by Crippen LogP contribution is -2.32. The first kappa shape index (κ1) is 19.1. The van der Waals surface area contributed by atoms with Crippen molar-refractivity contribution in [3.63, 3.8) is 0 Å². The van der Waals surface area contributed by atoms with Crippen LogP contribution in [-0.2, 0) is 16.0 Å². The highest BCUT2D eigenvalue weighted by Crippen LogP contribution is 2.21. The molecule has 0 fully saturated rings. The molecule has 1 aromatic rings. The van der Waals surface area contributed by atoms with Gasteiger partial charge in [-0.15, -0.1) is 0 Å². The van der Waals surface area contributed by atoms with Crippen molar-refractivity contribution < 1.29 is 19.1 Å². The summed E-state index contributed by atoms with van der Waals surface area (Å²) in [7, 11) is 0. The molecule has 0 aliphatic carbocycles. The Hall–Kier alpha value is -1.95. The summed E-state index contributed by atoms with van der Waals surface area (Å²) in [5, 5.41) is 11.5. The number of rotatable bonds is 9. The van der Waals surface area contributed by atoms with Crippen molar-refractivity contribution in [2.75, 3.05) is 5.32 Å². The van der Waals surface area contributed by atoms with Crippen LogP contribution in [0.5, 0.6) is 0 Å². The third-order valence-electron chi connectivity index (χ3n) is 3.71. The van der Waals surface area contributed by atoms with Crippen LogP contribution in [0.3, 0.4) is 0 Å². The van der Waals surface area contributed by atoms with Gasteiger partial charge in [-0.3, -0.25) is 9.59 Å². The number of halogens is 1. The first-order valence-electron chi connectivity index (χ1n) is 7.96. The van der Waals surface area contributed by atoms with E-state index in [1.165, 1.54) is 18.2 Å². The molecule has 0 radical (unpaired) electrons. The summed E-state index contributed by atoms with van der Waals surface area (Å²) in [6.45, 7) is 4.01. The van der Waals surface area contributed by atoms with Gasteiger partial charge in [0.15, 0.2) is 0 Å². The molecule has 0 aliphatic heterocycles. The van der Waals surface area contributed by atoms with E-state index in [0.717, 1.165) is 25.7 Å². The molecule has 0 heterocycles. The number of hydrogen-bond acceptors (Lipinski definition) is 3. The highest BCUT2D eigenvalue weighted by Gasteiger charge is 2.19. The molecule has 0 bridgehead atoms. The van der Waals surface area contributed by atoms with Gasteiger partial charge in [-0.2, -0.15) is 0 Å². The maximum absolute atomic E-state index is 13.9. The summed E-state index contributed by atoms with van der Waals surface area (Å²) in [4.78, 5) is 23.1. The zero-order chi connectivity index (χ0) is 17.4. The van der Waals surface area contributed by atoms with Crippen LogP contribution in [0.15, 0.2) is 18.2 Å². The first-order valence-corrected chi connectivity index (χ1v) is 7.96. The zero-order valence-corrected chi connectivity index (χ0v) is 13.6. The predicted molar refractivity (Wildman–Crippen MR) is 87.7 cm³/mol.